The lowest BCUT2D eigenvalue weighted by molar-refractivity contribution is -0.145. The minimum absolute atomic E-state index is 0.00667. The first kappa shape index (κ1) is 12.3. The van der Waals surface area contributed by atoms with Gasteiger partial charge in [-0.2, -0.15) is 0 Å². The average molecular weight is 236 g/mol. The van der Waals surface area contributed by atoms with Crippen LogP contribution in [0.3, 0.4) is 0 Å². The highest BCUT2D eigenvalue weighted by atomic mass is 16.4. The van der Waals surface area contributed by atoms with Gasteiger partial charge in [0.05, 0.1) is 5.92 Å². The first-order valence-corrected chi connectivity index (χ1v) is 6.38. The van der Waals surface area contributed by atoms with Crippen LogP contribution in [0.2, 0.25) is 0 Å². The van der Waals surface area contributed by atoms with Gasteiger partial charge in [0.15, 0.2) is 0 Å². The number of aldehydes is 1. The zero-order chi connectivity index (χ0) is 12.6. The van der Waals surface area contributed by atoms with Crippen molar-refractivity contribution in [1.29, 1.82) is 0 Å². The molecule has 0 aromatic carbocycles. The van der Waals surface area contributed by atoms with E-state index < -0.39 is 17.8 Å². The molecule has 2 aliphatic carbocycles. The average Bonchev–Trinajstić information content (AvgIpc) is 2.26. The summed E-state index contributed by atoms with van der Waals surface area (Å²) in [6.07, 6.45) is 5.61. The standard InChI is InChI=1S/C14H20O3/c1-14(2)7-3-4-9-5-6-10(13(16)17)11(8-15)12(9)14/h8,10-11H,3-7H2,1-2H3,(H,16,17). The Kier molecular flexibility index (Phi) is 3.11. The van der Waals surface area contributed by atoms with Crippen LogP contribution in [-0.2, 0) is 9.59 Å². The highest BCUT2D eigenvalue weighted by Crippen LogP contribution is 2.50. The lowest BCUT2D eigenvalue weighted by Gasteiger charge is -2.42. The molecule has 0 radical (unpaired) electrons. The van der Waals surface area contributed by atoms with E-state index in [4.69, 9.17) is 0 Å². The van der Waals surface area contributed by atoms with Crippen molar-refractivity contribution in [2.24, 2.45) is 17.3 Å². The van der Waals surface area contributed by atoms with Crippen LogP contribution < -0.4 is 0 Å². The number of carboxylic acids is 1. The number of carbonyl (C=O) groups is 2. The predicted molar refractivity (Wildman–Crippen MR) is 64.6 cm³/mol. The normalized spacial score (nSPS) is 31.9. The van der Waals surface area contributed by atoms with Crippen LogP contribution in [-0.4, -0.2) is 17.4 Å². The summed E-state index contributed by atoms with van der Waals surface area (Å²) < 4.78 is 0. The van der Waals surface area contributed by atoms with E-state index in [0.717, 1.165) is 37.5 Å². The highest BCUT2D eigenvalue weighted by Gasteiger charge is 2.43. The number of aliphatic carboxylic acids is 1. The Morgan fingerprint density at radius 1 is 1.41 bits per heavy atom. The predicted octanol–water partition coefficient (Wildman–Crippen LogP) is 2.80. The Hall–Kier alpha value is -1.12. The molecule has 0 aliphatic heterocycles. The maximum Gasteiger partial charge on any atom is 0.307 e. The Balaban J connectivity index is 2.44. The van der Waals surface area contributed by atoms with Crippen LogP contribution >= 0.6 is 0 Å². The molecule has 17 heavy (non-hydrogen) atoms. The van der Waals surface area contributed by atoms with E-state index >= 15 is 0 Å². The lowest BCUT2D eigenvalue weighted by atomic mass is 9.61. The van der Waals surface area contributed by atoms with Crippen molar-refractivity contribution in [3.05, 3.63) is 11.1 Å². The van der Waals surface area contributed by atoms with E-state index in [2.05, 4.69) is 13.8 Å². The molecule has 94 valence electrons. The molecule has 0 saturated heterocycles. The van der Waals surface area contributed by atoms with Crippen LogP contribution in [0.4, 0.5) is 0 Å². The van der Waals surface area contributed by atoms with Gasteiger partial charge in [0.1, 0.15) is 6.29 Å². The van der Waals surface area contributed by atoms with Gasteiger partial charge in [-0.25, -0.2) is 0 Å². The second-order valence-electron chi connectivity index (χ2n) is 5.90. The minimum Gasteiger partial charge on any atom is -0.481 e. The summed E-state index contributed by atoms with van der Waals surface area (Å²) in [5.74, 6) is -1.73. The summed E-state index contributed by atoms with van der Waals surface area (Å²) in [5.41, 5.74) is 2.49. The van der Waals surface area contributed by atoms with Crippen molar-refractivity contribution in [1.82, 2.24) is 0 Å². The molecule has 0 fully saturated rings. The number of carboxylic acid groups (broad SMARTS) is 1. The number of hydrogen-bond donors (Lipinski definition) is 1. The van der Waals surface area contributed by atoms with Gasteiger partial charge in [-0.15, -0.1) is 0 Å². The van der Waals surface area contributed by atoms with Gasteiger partial charge < -0.3 is 9.90 Å². The van der Waals surface area contributed by atoms with Crippen molar-refractivity contribution >= 4 is 12.3 Å². The summed E-state index contributed by atoms with van der Waals surface area (Å²) in [6.45, 7) is 4.28. The monoisotopic (exact) mass is 236 g/mol. The van der Waals surface area contributed by atoms with Crippen molar-refractivity contribution in [3.8, 4) is 0 Å². The highest BCUT2D eigenvalue weighted by molar-refractivity contribution is 5.78. The molecule has 0 heterocycles. The van der Waals surface area contributed by atoms with Crippen molar-refractivity contribution in [2.45, 2.75) is 46.0 Å². The number of allylic oxidation sites excluding steroid dienone is 2. The zero-order valence-electron chi connectivity index (χ0n) is 10.5. The topological polar surface area (TPSA) is 54.4 Å². The molecule has 3 heteroatoms. The molecule has 0 amide bonds. The third kappa shape index (κ3) is 2.03. The van der Waals surface area contributed by atoms with Crippen LogP contribution in [0.1, 0.15) is 46.0 Å². The zero-order valence-corrected chi connectivity index (χ0v) is 10.5. The van der Waals surface area contributed by atoms with E-state index in [9.17, 15) is 14.7 Å². The van der Waals surface area contributed by atoms with Crippen molar-refractivity contribution in [2.75, 3.05) is 0 Å². The molecule has 0 bridgehead atoms. The van der Waals surface area contributed by atoms with E-state index in [1.165, 1.54) is 5.57 Å². The SMILES string of the molecule is CC1(C)CCCC2=C1C(C=O)C(C(=O)O)CC2. The summed E-state index contributed by atoms with van der Waals surface area (Å²) in [6, 6.07) is 0. The molecule has 0 spiro atoms. The largest absolute Gasteiger partial charge is 0.481 e. The molecule has 2 unspecified atom stereocenters. The summed E-state index contributed by atoms with van der Waals surface area (Å²) in [4.78, 5) is 22.5. The fraction of sp³-hybridized carbons (Fsp3) is 0.714. The second-order valence-corrected chi connectivity index (χ2v) is 5.90. The molecule has 0 aromatic heterocycles. The van der Waals surface area contributed by atoms with Gasteiger partial charge in [-0.1, -0.05) is 25.0 Å². The van der Waals surface area contributed by atoms with Crippen molar-refractivity contribution in [3.63, 3.8) is 0 Å². The van der Waals surface area contributed by atoms with E-state index in [1.54, 1.807) is 0 Å². The summed E-state index contributed by atoms with van der Waals surface area (Å²) in [7, 11) is 0. The molecule has 2 aliphatic rings. The molecular formula is C14H20O3. The molecule has 1 N–H and O–H groups in total. The van der Waals surface area contributed by atoms with E-state index in [0.29, 0.717) is 6.42 Å². The Morgan fingerprint density at radius 2 is 2.12 bits per heavy atom. The Labute approximate surface area is 102 Å². The summed E-state index contributed by atoms with van der Waals surface area (Å²) in [5, 5.41) is 9.22. The van der Waals surface area contributed by atoms with Crippen LogP contribution in [0.25, 0.3) is 0 Å². The number of hydrogen-bond acceptors (Lipinski definition) is 2. The van der Waals surface area contributed by atoms with E-state index in [-0.39, 0.29) is 5.41 Å². The summed E-state index contributed by atoms with van der Waals surface area (Å²) >= 11 is 0. The van der Waals surface area contributed by atoms with Gasteiger partial charge in [-0.3, -0.25) is 4.79 Å². The fourth-order valence-corrected chi connectivity index (χ4v) is 3.59. The number of rotatable bonds is 2. The third-order valence-electron chi connectivity index (χ3n) is 4.38. The Bertz CT molecular complexity index is 379. The van der Waals surface area contributed by atoms with Gasteiger partial charge >= 0.3 is 5.97 Å². The first-order valence-electron chi connectivity index (χ1n) is 6.38. The maximum atomic E-state index is 11.3. The smallest absolute Gasteiger partial charge is 0.307 e. The van der Waals surface area contributed by atoms with Crippen molar-refractivity contribution < 1.29 is 14.7 Å². The van der Waals surface area contributed by atoms with Gasteiger partial charge in [0.2, 0.25) is 0 Å². The molecular weight excluding hydrogens is 216 g/mol. The molecule has 2 rings (SSSR count). The third-order valence-corrected chi connectivity index (χ3v) is 4.38. The van der Waals surface area contributed by atoms with Gasteiger partial charge in [0.25, 0.3) is 0 Å². The fourth-order valence-electron chi connectivity index (χ4n) is 3.59. The van der Waals surface area contributed by atoms with E-state index in [1.807, 2.05) is 0 Å². The molecule has 0 aromatic rings. The quantitative estimate of drug-likeness (QED) is 0.592. The number of carbonyl (C=O) groups excluding carboxylic acids is 1. The van der Waals surface area contributed by atoms with Crippen LogP contribution in [0, 0.1) is 17.3 Å². The molecule has 2 atom stereocenters. The second kappa shape index (κ2) is 4.28. The van der Waals surface area contributed by atoms with Crippen LogP contribution in [0.15, 0.2) is 11.1 Å². The molecule has 3 nitrogen and oxygen atoms in total. The van der Waals surface area contributed by atoms with Crippen LogP contribution in [0.5, 0.6) is 0 Å². The first-order chi connectivity index (χ1) is 7.97. The molecule has 0 saturated carbocycles. The van der Waals surface area contributed by atoms with Gasteiger partial charge in [-0.05, 0) is 37.5 Å². The lowest BCUT2D eigenvalue weighted by Crippen LogP contribution is -2.37. The minimum atomic E-state index is -0.824. The Morgan fingerprint density at radius 3 is 2.71 bits per heavy atom. The van der Waals surface area contributed by atoms with Gasteiger partial charge in [0, 0.05) is 5.92 Å². The maximum absolute atomic E-state index is 11.3.